The van der Waals surface area contributed by atoms with Gasteiger partial charge in [0.05, 0.1) is 25.9 Å². The van der Waals surface area contributed by atoms with E-state index < -0.39 is 0 Å². The average Bonchev–Trinajstić information content (AvgIpc) is 2.74. The summed E-state index contributed by atoms with van der Waals surface area (Å²) >= 11 is 0. The fourth-order valence-corrected chi connectivity index (χ4v) is 4.03. The van der Waals surface area contributed by atoms with Gasteiger partial charge in [0.25, 0.3) is 0 Å². The minimum Gasteiger partial charge on any atom is -0.465 e. The quantitative estimate of drug-likeness (QED) is 0.238. The Balaban J connectivity index is 1.64. The first-order valence-corrected chi connectivity index (χ1v) is 10.1. The Kier molecular flexibility index (Phi) is 7.05. The van der Waals surface area contributed by atoms with Crippen LogP contribution in [0.4, 0.5) is 5.69 Å². The number of piperazine rings is 1. The van der Waals surface area contributed by atoms with Crippen molar-refractivity contribution in [3.05, 3.63) is 29.8 Å². The van der Waals surface area contributed by atoms with E-state index >= 15 is 0 Å². The largest absolute Gasteiger partial charge is 0.465 e. The molecule has 2 saturated heterocycles. The predicted molar refractivity (Wildman–Crippen MR) is 109 cm³/mol. The molecule has 0 aromatic heterocycles. The van der Waals surface area contributed by atoms with Crippen molar-refractivity contribution in [1.29, 1.82) is 0 Å². The van der Waals surface area contributed by atoms with Crippen molar-refractivity contribution in [2.24, 2.45) is 10.9 Å². The molecule has 2 fully saturated rings. The van der Waals surface area contributed by atoms with E-state index in [1.54, 1.807) is 36.1 Å². The predicted octanol–water partition coefficient (Wildman–Crippen LogP) is 0.805. The minimum atomic E-state index is -0.213. The van der Waals surface area contributed by atoms with Crippen molar-refractivity contribution < 1.29 is 19.5 Å². The Morgan fingerprint density at radius 1 is 1.24 bits per heavy atom. The van der Waals surface area contributed by atoms with E-state index in [4.69, 9.17) is 15.7 Å². The lowest BCUT2D eigenvalue weighted by molar-refractivity contribution is -0.147. The number of nitrogens with zero attached hydrogens (tertiary/aromatic N) is 4. The Morgan fingerprint density at radius 3 is 2.66 bits per heavy atom. The Morgan fingerprint density at radius 2 is 2.00 bits per heavy atom. The number of hydrogen-bond acceptors (Lipinski definition) is 7. The molecule has 3 rings (SSSR count). The first-order valence-electron chi connectivity index (χ1n) is 10.1. The van der Waals surface area contributed by atoms with Crippen LogP contribution in [-0.2, 0) is 14.3 Å². The summed E-state index contributed by atoms with van der Waals surface area (Å²) in [6, 6.07) is 7.06. The van der Waals surface area contributed by atoms with Crippen LogP contribution in [0.25, 0.3) is 0 Å². The first-order chi connectivity index (χ1) is 14.0. The van der Waals surface area contributed by atoms with Gasteiger partial charge in [-0.25, -0.2) is 0 Å². The lowest BCUT2D eigenvalue weighted by atomic mass is 10.1. The normalized spacial score (nSPS) is 22.0. The lowest BCUT2D eigenvalue weighted by Gasteiger charge is -2.45. The molecule has 1 amide bonds. The summed E-state index contributed by atoms with van der Waals surface area (Å²) in [6.07, 6.45) is 3.17. The van der Waals surface area contributed by atoms with E-state index in [1.807, 2.05) is 0 Å². The summed E-state index contributed by atoms with van der Waals surface area (Å²) < 4.78 is 5.10. The number of esters is 1. The van der Waals surface area contributed by atoms with Gasteiger partial charge in [0, 0.05) is 30.9 Å². The van der Waals surface area contributed by atoms with Gasteiger partial charge in [-0.1, -0.05) is 5.16 Å². The Labute approximate surface area is 170 Å². The third-order valence-electron chi connectivity index (χ3n) is 5.47. The maximum atomic E-state index is 12.8. The molecule has 158 valence electrons. The van der Waals surface area contributed by atoms with Crippen LogP contribution in [0.3, 0.4) is 0 Å². The highest BCUT2D eigenvalue weighted by atomic mass is 16.5. The summed E-state index contributed by atoms with van der Waals surface area (Å²) in [7, 11) is 0. The van der Waals surface area contributed by atoms with Gasteiger partial charge in [-0.05, 0) is 50.5 Å². The molecule has 0 spiro atoms. The molecule has 2 aliphatic rings. The number of benzene rings is 1. The first kappa shape index (κ1) is 21.1. The SMILES string of the molecule is CCOC(=O)CN1CCCCC1N1CCN(c2ccc(/C(N)=N/O)cc2)C(=O)C1. The summed E-state index contributed by atoms with van der Waals surface area (Å²) in [5.74, 6) is -0.156. The second kappa shape index (κ2) is 9.71. The third-order valence-corrected chi connectivity index (χ3v) is 5.47. The summed E-state index contributed by atoms with van der Waals surface area (Å²) in [5, 5.41) is 11.8. The molecule has 1 unspecified atom stereocenters. The van der Waals surface area contributed by atoms with Crippen molar-refractivity contribution in [1.82, 2.24) is 9.80 Å². The maximum absolute atomic E-state index is 12.8. The Hall–Kier alpha value is -2.65. The number of amides is 1. The number of carbonyl (C=O) groups is 2. The van der Waals surface area contributed by atoms with Crippen molar-refractivity contribution in [3.8, 4) is 0 Å². The van der Waals surface area contributed by atoms with Gasteiger partial charge in [-0.3, -0.25) is 19.4 Å². The van der Waals surface area contributed by atoms with Gasteiger partial charge in [0.1, 0.15) is 0 Å². The number of rotatable bonds is 6. The molecule has 1 atom stereocenters. The molecule has 0 saturated carbocycles. The number of amidine groups is 1. The van der Waals surface area contributed by atoms with Crippen LogP contribution in [0.5, 0.6) is 0 Å². The van der Waals surface area contributed by atoms with Gasteiger partial charge < -0.3 is 20.6 Å². The lowest BCUT2D eigenvalue weighted by Crippen LogP contribution is -2.60. The van der Waals surface area contributed by atoms with Crippen molar-refractivity contribution in [2.45, 2.75) is 32.4 Å². The molecule has 0 bridgehead atoms. The zero-order chi connectivity index (χ0) is 20.8. The molecule has 2 heterocycles. The summed E-state index contributed by atoms with van der Waals surface area (Å²) in [4.78, 5) is 30.8. The summed E-state index contributed by atoms with van der Waals surface area (Å²) in [6.45, 7) is 4.91. The third kappa shape index (κ3) is 5.04. The Bertz CT molecular complexity index is 752. The van der Waals surface area contributed by atoms with Crippen LogP contribution in [0.1, 0.15) is 31.7 Å². The second-order valence-electron chi connectivity index (χ2n) is 7.30. The highest BCUT2D eigenvalue weighted by Gasteiger charge is 2.34. The van der Waals surface area contributed by atoms with Crippen LogP contribution in [0, 0.1) is 0 Å². The summed E-state index contributed by atoms with van der Waals surface area (Å²) in [5.41, 5.74) is 6.98. The minimum absolute atomic E-state index is 0.0226. The molecule has 9 nitrogen and oxygen atoms in total. The van der Waals surface area contributed by atoms with Gasteiger partial charge in [-0.15, -0.1) is 0 Å². The van der Waals surface area contributed by atoms with Crippen LogP contribution in [-0.4, -0.2) is 78.2 Å². The van der Waals surface area contributed by atoms with E-state index in [1.165, 1.54) is 0 Å². The monoisotopic (exact) mass is 403 g/mol. The van der Waals surface area contributed by atoms with Gasteiger partial charge in [-0.2, -0.15) is 0 Å². The zero-order valence-corrected chi connectivity index (χ0v) is 16.8. The molecule has 2 aliphatic heterocycles. The molecule has 29 heavy (non-hydrogen) atoms. The number of anilines is 1. The van der Waals surface area contributed by atoms with Crippen molar-refractivity contribution >= 4 is 23.4 Å². The fourth-order valence-electron chi connectivity index (χ4n) is 4.03. The standard InChI is InChI=1S/C20H29N5O4/c1-2-29-19(27)14-23-10-4-3-5-17(23)24-11-12-25(18(26)13-24)16-8-6-15(7-9-16)20(21)22-28/h6-9,17,28H,2-5,10-14H2,1H3,(H2,21,22). The molecular formula is C20H29N5O4. The number of hydrogen-bond donors (Lipinski definition) is 2. The second-order valence-corrected chi connectivity index (χ2v) is 7.30. The van der Waals surface area contributed by atoms with E-state index in [2.05, 4.69) is 15.0 Å². The van der Waals surface area contributed by atoms with Crippen LogP contribution in [0.2, 0.25) is 0 Å². The number of carbonyl (C=O) groups excluding carboxylic acids is 2. The molecule has 9 heteroatoms. The van der Waals surface area contributed by atoms with E-state index in [0.29, 0.717) is 25.3 Å². The number of nitrogens with two attached hydrogens (primary N) is 1. The number of likely N-dealkylation sites (tertiary alicyclic amines) is 1. The molecule has 0 radical (unpaired) electrons. The molecule has 1 aromatic carbocycles. The van der Waals surface area contributed by atoms with E-state index in [9.17, 15) is 9.59 Å². The van der Waals surface area contributed by atoms with E-state index in [0.717, 1.165) is 38.0 Å². The highest BCUT2D eigenvalue weighted by Crippen LogP contribution is 2.24. The smallest absolute Gasteiger partial charge is 0.320 e. The fraction of sp³-hybridized carbons (Fsp3) is 0.550. The molecule has 0 aliphatic carbocycles. The molecular weight excluding hydrogens is 374 g/mol. The highest BCUT2D eigenvalue weighted by molar-refractivity contribution is 5.99. The number of oxime groups is 1. The topological polar surface area (TPSA) is 112 Å². The van der Waals surface area contributed by atoms with Gasteiger partial charge in [0.15, 0.2) is 5.84 Å². The van der Waals surface area contributed by atoms with Crippen LogP contribution >= 0.6 is 0 Å². The maximum Gasteiger partial charge on any atom is 0.320 e. The number of ether oxygens (including phenoxy) is 1. The van der Waals surface area contributed by atoms with Crippen LogP contribution < -0.4 is 10.6 Å². The van der Waals surface area contributed by atoms with Crippen LogP contribution in [0.15, 0.2) is 29.4 Å². The zero-order valence-electron chi connectivity index (χ0n) is 16.8. The van der Waals surface area contributed by atoms with Gasteiger partial charge >= 0.3 is 5.97 Å². The molecule has 3 N–H and O–H groups in total. The van der Waals surface area contributed by atoms with Gasteiger partial charge in [0.2, 0.25) is 5.91 Å². The average molecular weight is 403 g/mol. The van der Waals surface area contributed by atoms with Crippen molar-refractivity contribution in [2.75, 3.05) is 44.2 Å². The van der Waals surface area contributed by atoms with E-state index in [-0.39, 0.29) is 30.4 Å². The van der Waals surface area contributed by atoms with Crippen molar-refractivity contribution in [3.63, 3.8) is 0 Å². The molecule has 1 aromatic rings. The number of piperidine rings is 1.